The second-order valence-electron chi connectivity index (χ2n) is 8.72. The van der Waals surface area contributed by atoms with E-state index in [1.54, 1.807) is 11.8 Å². The van der Waals surface area contributed by atoms with Crippen LogP contribution in [0.5, 0.6) is 11.5 Å². The molecule has 3 aromatic carbocycles. The van der Waals surface area contributed by atoms with Crippen LogP contribution in [0.15, 0.2) is 71.6 Å². The summed E-state index contributed by atoms with van der Waals surface area (Å²) in [5.74, 6) is 7.78. The Morgan fingerprint density at radius 1 is 1.00 bits per heavy atom. The molecule has 0 amide bonds. The summed E-state index contributed by atoms with van der Waals surface area (Å²) in [4.78, 5) is 11.9. The van der Waals surface area contributed by atoms with E-state index in [-0.39, 0.29) is 6.61 Å². The smallest absolute Gasteiger partial charge is 0.341 e. The van der Waals surface area contributed by atoms with E-state index in [4.69, 9.17) is 19.3 Å². The van der Waals surface area contributed by atoms with Crippen molar-refractivity contribution in [2.75, 3.05) is 39.5 Å². The van der Waals surface area contributed by atoms with Crippen molar-refractivity contribution < 1.29 is 24.1 Å². The zero-order valence-electron chi connectivity index (χ0n) is 22.7. The molecule has 39 heavy (non-hydrogen) atoms. The molecule has 0 spiro atoms. The maximum atomic E-state index is 10.8. The second kappa shape index (κ2) is 17.2. The molecule has 0 saturated carbocycles. The molecule has 0 atom stereocenters. The quantitative estimate of drug-likeness (QED) is 0.253. The Hall–Kier alpha value is -3.44. The van der Waals surface area contributed by atoms with Gasteiger partial charge in [-0.25, -0.2) is 4.79 Å². The van der Waals surface area contributed by atoms with Gasteiger partial charge < -0.3 is 24.6 Å². The van der Waals surface area contributed by atoms with Gasteiger partial charge in [-0.15, -0.1) is 11.8 Å². The SMILES string of the molecule is C1COCCN1.CCOc1cc(C#CCc2ccccc2)cc(CSc2ccc(OCC(=O)O)c(CC)c2)c1. The molecule has 7 heteroatoms. The number of ether oxygens (including phenoxy) is 3. The first-order valence-corrected chi connectivity index (χ1v) is 14.2. The van der Waals surface area contributed by atoms with E-state index in [0.717, 1.165) is 65.8 Å². The first-order chi connectivity index (χ1) is 19.1. The summed E-state index contributed by atoms with van der Waals surface area (Å²) in [6, 6.07) is 22.2. The van der Waals surface area contributed by atoms with Crippen LogP contribution < -0.4 is 14.8 Å². The number of carbonyl (C=O) groups is 1. The molecule has 206 valence electrons. The second-order valence-corrected chi connectivity index (χ2v) is 9.77. The summed E-state index contributed by atoms with van der Waals surface area (Å²) in [7, 11) is 0. The van der Waals surface area contributed by atoms with Crippen molar-refractivity contribution in [1.82, 2.24) is 5.32 Å². The van der Waals surface area contributed by atoms with Gasteiger partial charge >= 0.3 is 5.97 Å². The van der Waals surface area contributed by atoms with Gasteiger partial charge in [-0.05, 0) is 66.4 Å². The average molecular weight is 548 g/mol. The van der Waals surface area contributed by atoms with Crippen molar-refractivity contribution in [3.05, 3.63) is 89.0 Å². The molecule has 6 nitrogen and oxygen atoms in total. The van der Waals surface area contributed by atoms with Crippen LogP contribution in [0, 0.1) is 11.8 Å². The zero-order chi connectivity index (χ0) is 27.7. The Bertz CT molecular complexity index is 1220. The number of benzene rings is 3. The molecule has 0 aromatic heterocycles. The van der Waals surface area contributed by atoms with Crippen molar-refractivity contribution >= 4 is 17.7 Å². The lowest BCUT2D eigenvalue weighted by molar-refractivity contribution is -0.139. The minimum atomic E-state index is -0.979. The van der Waals surface area contributed by atoms with E-state index >= 15 is 0 Å². The molecule has 1 saturated heterocycles. The lowest BCUT2D eigenvalue weighted by atomic mass is 10.1. The van der Waals surface area contributed by atoms with Gasteiger partial charge in [0.25, 0.3) is 0 Å². The number of morpholine rings is 1. The van der Waals surface area contributed by atoms with Crippen molar-refractivity contribution in [1.29, 1.82) is 0 Å². The molecule has 1 aliphatic rings. The van der Waals surface area contributed by atoms with Crippen molar-refractivity contribution in [2.45, 2.75) is 37.3 Å². The molecule has 1 fully saturated rings. The van der Waals surface area contributed by atoms with Crippen LogP contribution in [0.3, 0.4) is 0 Å². The van der Waals surface area contributed by atoms with Gasteiger partial charge in [-0.2, -0.15) is 0 Å². The molecule has 0 radical (unpaired) electrons. The lowest BCUT2D eigenvalue weighted by Gasteiger charge is -2.11. The van der Waals surface area contributed by atoms with Crippen molar-refractivity contribution in [3.63, 3.8) is 0 Å². The molecule has 2 N–H and O–H groups in total. The summed E-state index contributed by atoms with van der Waals surface area (Å²) in [6.07, 6.45) is 1.48. The maximum Gasteiger partial charge on any atom is 0.341 e. The molecule has 1 aliphatic heterocycles. The lowest BCUT2D eigenvalue weighted by Crippen LogP contribution is -2.30. The highest BCUT2D eigenvalue weighted by Gasteiger charge is 2.08. The van der Waals surface area contributed by atoms with E-state index in [0.29, 0.717) is 18.8 Å². The van der Waals surface area contributed by atoms with E-state index in [9.17, 15) is 4.79 Å². The Morgan fingerprint density at radius 3 is 2.44 bits per heavy atom. The summed E-state index contributed by atoms with van der Waals surface area (Å²) >= 11 is 1.72. The van der Waals surface area contributed by atoms with Crippen LogP contribution in [0.1, 0.15) is 36.1 Å². The number of aliphatic carboxylic acids is 1. The van der Waals surface area contributed by atoms with E-state index < -0.39 is 5.97 Å². The average Bonchev–Trinajstić information content (AvgIpc) is 2.97. The molecular weight excluding hydrogens is 510 g/mol. The highest BCUT2D eigenvalue weighted by Crippen LogP contribution is 2.30. The normalized spacial score (nSPS) is 12.4. The summed E-state index contributed by atoms with van der Waals surface area (Å²) in [5.41, 5.74) is 4.28. The van der Waals surface area contributed by atoms with Gasteiger partial charge in [-0.1, -0.05) is 49.1 Å². The third-order valence-electron chi connectivity index (χ3n) is 5.66. The highest BCUT2D eigenvalue weighted by molar-refractivity contribution is 7.98. The number of rotatable bonds is 10. The largest absolute Gasteiger partial charge is 0.494 e. The van der Waals surface area contributed by atoms with Crippen molar-refractivity contribution in [3.8, 4) is 23.3 Å². The molecule has 4 rings (SSSR count). The molecule has 0 bridgehead atoms. The van der Waals surface area contributed by atoms with E-state index in [2.05, 4.69) is 47.5 Å². The highest BCUT2D eigenvalue weighted by atomic mass is 32.2. The summed E-state index contributed by atoms with van der Waals surface area (Å²) in [6.45, 7) is 8.11. The predicted octanol–water partition coefficient (Wildman–Crippen LogP) is 5.60. The zero-order valence-corrected chi connectivity index (χ0v) is 23.5. The fourth-order valence-electron chi connectivity index (χ4n) is 3.80. The van der Waals surface area contributed by atoms with Crippen LogP contribution in [-0.4, -0.2) is 50.6 Å². The Morgan fingerprint density at radius 2 is 1.79 bits per heavy atom. The number of aryl methyl sites for hydroxylation is 1. The van der Waals surface area contributed by atoms with Gasteiger partial charge in [0.15, 0.2) is 6.61 Å². The first-order valence-electron chi connectivity index (χ1n) is 13.3. The number of carboxylic acids is 1. The number of hydrogen-bond donors (Lipinski definition) is 2. The van der Waals surface area contributed by atoms with Crippen LogP contribution in [0.2, 0.25) is 0 Å². The van der Waals surface area contributed by atoms with Crippen LogP contribution >= 0.6 is 11.8 Å². The molecular formula is C32H37NO5S. The number of thioether (sulfide) groups is 1. The standard InChI is InChI=1S/C28H28O4S.C4H9NO/c1-3-24-18-26(13-14-27(24)32-19-28(29)30)33-20-23-15-22(16-25(17-23)31-4-2)12-8-11-21-9-6-5-7-10-21;1-3-6-4-2-5-1/h5-7,9-10,13-18H,3-4,11,19-20H2,1-2H3,(H,29,30);5H,1-4H2. The monoisotopic (exact) mass is 547 g/mol. The molecule has 0 unspecified atom stereocenters. The fraction of sp³-hybridized carbons (Fsp3) is 0.344. The topological polar surface area (TPSA) is 77.0 Å². The van der Waals surface area contributed by atoms with E-state index in [1.165, 1.54) is 5.56 Å². The van der Waals surface area contributed by atoms with Gasteiger partial charge in [0, 0.05) is 35.7 Å². The van der Waals surface area contributed by atoms with Crippen LogP contribution in [0.4, 0.5) is 0 Å². The fourth-order valence-corrected chi connectivity index (χ4v) is 4.68. The predicted molar refractivity (Wildman–Crippen MR) is 157 cm³/mol. The number of nitrogens with one attached hydrogen (secondary N) is 1. The van der Waals surface area contributed by atoms with Crippen LogP contribution in [-0.2, 0) is 28.1 Å². The molecule has 1 heterocycles. The Balaban J connectivity index is 0.000000617. The number of hydrogen-bond acceptors (Lipinski definition) is 6. The summed E-state index contributed by atoms with van der Waals surface area (Å²) < 4.78 is 16.2. The molecule has 3 aromatic rings. The maximum absolute atomic E-state index is 10.8. The third-order valence-corrected chi connectivity index (χ3v) is 6.73. The van der Waals surface area contributed by atoms with E-state index in [1.807, 2.05) is 50.2 Å². The van der Waals surface area contributed by atoms with Crippen molar-refractivity contribution in [2.24, 2.45) is 0 Å². The third kappa shape index (κ3) is 11.5. The van der Waals surface area contributed by atoms with Gasteiger partial charge in [0.2, 0.25) is 0 Å². The minimum absolute atomic E-state index is 0.336. The molecule has 0 aliphatic carbocycles. The van der Waals surface area contributed by atoms with Crippen LogP contribution in [0.25, 0.3) is 0 Å². The van der Waals surface area contributed by atoms with Gasteiger partial charge in [0.1, 0.15) is 11.5 Å². The first kappa shape index (κ1) is 30.1. The van der Waals surface area contributed by atoms with Gasteiger partial charge in [0.05, 0.1) is 19.8 Å². The summed E-state index contributed by atoms with van der Waals surface area (Å²) in [5, 5.41) is 12.0. The minimum Gasteiger partial charge on any atom is -0.494 e. The Kier molecular flexibility index (Phi) is 13.3. The number of carboxylic acid groups (broad SMARTS) is 1. The van der Waals surface area contributed by atoms with Gasteiger partial charge in [-0.3, -0.25) is 0 Å². The Labute approximate surface area is 236 Å².